The summed E-state index contributed by atoms with van der Waals surface area (Å²) in [6.45, 7) is 2.15. The summed E-state index contributed by atoms with van der Waals surface area (Å²) < 4.78 is 0. The number of aliphatic carboxylic acids is 1. The lowest BCUT2D eigenvalue weighted by Crippen LogP contribution is -2.38. The molecule has 1 atom stereocenters. The van der Waals surface area contributed by atoms with Crippen molar-refractivity contribution in [2.45, 2.75) is 70.4 Å². The van der Waals surface area contributed by atoms with Gasteiger partial charge in [0.05, 0.1) is 0 Å². The lowest BCUT2D eigenvalue weighted by molar-refractivity contribution is -0.137. The molecule has 16 heavy (non-hydrogen) atoms. The third kappa shape index (κ3) is 4.52. The second kappa shape index (κ2) is 6.89. The van der Waals surface area contributed by atoms with Crippen molar-refractivity contribution < 1.29 is 9.90 Å². The summed E-state index contributed by atoms with van der Waals surface area (Å²) in [5, 5.41) is 8.68. The fourth-order valence-electron chi connectivity index (χ4n) is 2.56. The van der Waals surface area contributed by atoms with Gasteiger partial charge in [-0.2, -0.15) is 0 Å². The van der Waals surface area contributed by atoms with E-state index >= 15 is 0 Å². The van der Waals surface area contributed by atoms with Gasteiger partial charge in [0.25, 0.3) is 0 Å². The van der Waals surface area contributed by atoms with Gasteiger partial charge < -0.3 is 10.0 Å². The van der Waals surface area contributed by atoms with Crippen LogP contribution in [0.5, 0.6) is 0 Å². The van der Waals surface area contributed by atoms with Crippen molar-refractivity contribution in [3.05, 3.63) is 0 Å². The fraction of sp³-hybridized carbons (Fsp3) is 0.923. The average Bonchev–Trinajstić information content (AvgIpc) is 2.53. The van der Waals surface area contributed by atoms with Gasteiger partial charge in [-0.25, -0.2) is 0 Å². The molecule has 0 saturated heterocycles. The quantitative estimate of drug-likeness (QED) is 0.734. The van der Waals surface area contributed by atoms with Gasteiger partial charge in [0.15, 0.2) is 0 Å². The molecular formula is C13H25NO2. The molecule has 0 amide bonds. The van der Waals surface area contributed by atoms with E-state index in [0.29, 0.717) is 12.1 Å². The Morgan fingerprint density at radius 1 is 1.31 bits per heavy atom. The molecule has 0 aromatic carbocycles. The van der Waals surface area contributed by atoms with Crippen molar-refractivity contribution >= 4 is 5.97 Å². The summed E-state index contributed by atoms with van der Waals surface area (Å²) in [5.74, 6) is -0.680. The first-order valence-electron chi connectivity index (χ1n) is 6.55. The van der Waals surface area contributed by atoms with Crippen molar-refractivity contribution in [2.24, 2.45) is 0 Å². The number of carboxylic acids is 1. The first kappa shape index (κ1) is 13.5. The number of nitrogens with zero attached hydrogens (tertiary/aromatic N) is 1. The van der Waals surface area contributed by atoms with Gasteiger partial charge >= 0.3 is 5.97 Å². The molecule has 1 N–H and O–H groups in total. The van der Waals surface area contributed by atoms with Gasteiger partial charge in [-0.3, -0.25) is 4.79 Å². The Morgan fingerprint density at radius 2 is 1.88 bits per heavy atom. The standard InChI is InChI=1S/C13H25NO2/c1-11(9-10-13(15)16)14(2)12-7-5-3-4-6-8-12/h11-12H,3-10H2,1-2H3,(H,15,16). The molecule has 0 aromatic rings. The van der Waals surface area contributed by atoms with Crippen LogP contribution >= 0.6 is 0 Å². The number of hydrogen-bond acceptors (Lipinski definition) is 2. The lowest BCUT2D eigenvalue weighted by atomic mass is 10.0. The molecule has 0 heterocycles. The molecule has 0 aromatic heterocycles. The molecule has 0 radical (unpaired) electrons. The van der Waals surface area contributed by atoms with Gasteiger partial charge in [-0.15, -0.1) is 0 Å². The summed E-state index contributed by atoms with van der Waals surface area (Å²) in [4.78, 5) is 12.9. The highest BCUT2D eigenvalue weighted by Crippen LogP contribution is 2.23. The van der Waals surface area contributed by atoms with Crippen LogP contribution in [0.3, 0.4) is 0 Å². The van der Waals surface area contributed by atoms with E-state index < -0.39 is 5.97 Å². The molecule has 0 spiro atoms. The second-order valence-electron chi connectivity index (χ2n) is 5.09. The zero-order valence-electron chi connectivity index (χ0n) is 10.6. The number of carbonyl (C=O) groups is 1. The predicted molar refractivity (Wildman–Crippen MR) is 65.6 cm³/mol. The maximum Gasteiger partial charge on any atom is 0.303 e. The van der Waals surface area contributed by atoms with Crippen molar-refractivity contribution in [1.82, 2.24) is 4.90 Å². The van der Waals surface area contributed by atoms with E-state index in [9.17, 15) is 4.79 Å². The number of carboxylic acid groups (broad SMARTS) is 1. The predicted octanol–water partition coefficient (Wildman–Crippen LogP) is 2.89. The third-order valence-electron chi connectivity index (χ3n) is 3.87. The molecule has 3 nitrogen and oxygen atoms in total. The summed E-state index contributed by atoms with van der Waals surface area (Å²) in [6, 6.07) is 1.06. The Labute approximate surface area is 98.8 Å². The van der Waals surface area contributed by atoms with E-state index in [4.69, 9.17) is 5.11 Å². The first-order valence-corrected chi connectivity index (χ1v) is 6.55. The topological polar surface area (TPSA) is 40.5 Å². The zero-order valence-corrected chi connectivity index (χ0v) is 10.6. The Bertz CT molecular complexity index is 210. The Hall–Kier alpha value is -0.570. The molecule has 1 aliphatic rings. The lowest BCUT2D eigenvalue weighted by Gasteiger charge is -2.32. The first-order chi connectivity index (χ1) is 7.61. The smallest absolute Gasteiger partial charge is 0.303 e. The number of hydrogen-bond donors (Lipinski definition) is 1. The Balaban J connectivity index is 2.35. The molecule has 0 bridgehead atoms. The molecule has 0 aliphatic heterocycles. The zero-order chi connectivity index (χ0) is 12.0. The van der Waals surface area contributed by atoms with Crippen molar-refractivity contribution in [3.8, 4) is 0 Å². The minimum absolute atomic E-state index is 0.290. The monoisotopic (exact) mass is 227 g/mol. The number of rotatable bonds is 5. The molecule has 94 valence electrons. The van der Waals surface area contributed by atoms with E-state index in [2.05, 4.69) is 18.9 Å². The second-order valence-corrected chi connectivity index (χ2v) is 5.09. The third-order valence-corrected chi connectivity index (χ3v) is 3.87. The summed E-state index contributed by atoms with van der Waals surface area (Å²) >= 11 is 0. The average molecular weight is 227 g/mol. The van der Waals surface area contributed by atoms with Crippen LogP contribution in [-0.4, -0.2) is 35.1 Å². The normalized spacial score (nSPS) is 20.7. The van der Waals surface area contributed by atoms with E-state index in [1.807, 2.05) is 0 Å². The van der Waals surface area contributed by atoms with E-state index in [1.165, 1.54) is 38.5 Å². The molecule has 1 aliphatic carbocycles. The Morgan fingerprint density at radius 3 is 2.38 bits per heavy atom. The van der Waals surface area contributed by atoms with Crippen LogP contribution in [-0.2, 0) is 4.79 Å². The van der Waals surface area contributed by atoms with Crippen molar-refractivity contribution in [1.29, 1.82) is 0 Å². The van der Waals surface area contributed by atoms with E-state index in [1.54, 1.807) is 0 Å². The maximum atomic E-state index is 10.5. The maximum absolute atomic E-state index is 10.5. The molecule has 1 rings (SSSR count). The van der Waals surface area contributed by atoms with Crippen molar-refractivity contribution in [3.63, 3.8) is 0 Å². The molecule has 1 fully saturated rings. The van der Waals surface area contributed by atoms with Gasteiger partial charge in [-0.1, -0.05) is 25.7 Å². The molecule has 1 unspecified atom stereocenters. The minimum atomic E-state index is -0.680. The van der Waals surface area contributed by atoms with Gasteiger partial charge in [0.2, 0.25) is 0 Å². The minimum Gasteiger partial charge on any atom is -0.481 e. The van der Waals surface area contributed by atoms with Crippen LogP contribution < -0.4 is 0 Å². The van der Waals surface area contributed by atoms with E-state index in [0.717, 1.165) is 6.42 Å². The summed E-state index contributed by atoms with van der Waals surface area (Å²) in [7, 11) is 2.16. The highest BCUT2D eigenvalue weighted by molar-refractivity contribution is 5.66. The highest BCUT2D eigenvalue weighted by Gasteiger charge is 2.21. The highest BCUT2D eigenvalue weighted by atomic mass is 16.4. The summed E-state index contributed by atoms with van der Waals surface area (Å²) in [5.41, 5.74) is 0. The van der Waals surface area contributed by atoms with Gasteiger partial charge in [-0.05, 0) is 33.2 Å². The van der Waals surface area contributed by atoms with Crippen LogP contribution in [0.25, 0.3) is 0 Å². The molecule has 3 heteroatoms. The van der Waals surface area contributed by atoms with Crippen LogP contribution in [0.15, 0.2) is 0 Å². The molecule has 1 saturated carbocycles. The summed E-state index contributed by atoms with van der Waals surface area (Å²) in [6.07, 6.45) is 9.03. The fourth-order valence-corrected chi connectivity index (χ4v) is 2.56. The van der Waals surface area contributed by atoms with Gasteiger partial charge in [0.1, 0.15) is 0 Å². The van der Waals surface area contributed by atoms with Crippen LogP contribution in [0.2, 0.25) is 0 Å². The van der Waals surface area contributed by atoms with Crippen LogP contribution in [0.4, 0.5) is 0 Å². The molecular weight excluding hydrogens is 202 g/mol. The van der Waals surface area contributed by atoms with Gasteiger partial charge in [0, 0.05) is 18.5 Å². The van der Waals surface area contributed by atoms with Crippen LogP contribution in [0.1, 0.15) is 58.3 Å². The van der Waals surface area contributed by atoms with Crippen molar-refractivity contribution in [2.75, 3.05) is 7.05 Å². The van der Waals surface area contributed by atoms with Crippen LogP contribution in [0, 0.1) is 0 Å². The van der Waals surface area contributed by atoms with E-state index in [-0.39, 0.29) is 6.42 Å². The Kier molecular flexibility index (Phi) is 5.81. The largest absolute Gasteiger partial charge is 0.481 e. The SMILES string of the molecule is CC(CCC(=O)O)N(C)C1CCCCCC1.